The molecule has 2 heteroatoms. The van der Waals surface area contributed by atoms with Gasteiger partial charge in [-0.15, -0.1) is 0 Å². The predicted molar refractivity (Wildman–Crippen MR) is 72.9 cm³/mol. The normalized spacial score (nSPS) is 19.7. The summed E-state index contributed by atoms with van der Waals surface area (Å²) in [5.74, 6) is 0. The van der Waals surface area contributed by atoms with Gasteiger partial charge < -0.3 is 5.32 Å². The zero-order chi connectivity index (χ0) is 12.3. The Morgan fingerprint density at radius 1 is 1.29 bits per heavy atom. The largest absolute Gasteiger partial charge is 0.316 e. The van der Waals surface area contributed by atoms with Crippen LogP contribution < -0.4 is 5.32 Å². The van der Waals surface area contributed by atoms with Crippen LogP contribution in [0, 0.1) is 0 Å². The first-order valence-corrected chi connectivity index (χ1v) is 6.59. The monoisotopic (exact) mass is 232 g/mol. The number of likely N-dealkylation sites (tertiary alicyclic amines) is 1. The molecule has 2 rings (SSSR count). The van der Waals surface area contributed by atoms with Gasteiger partial charge in [0.15, 0.2) is 0 Å². The summed E-state index contributed by atoms with van der Waals surface area (Å²) in [5, 5.41) is 3.21. The van der Waals surface area contributed by atoms with Crippen LogP contribution in [0.3, 0.4) is 0 Å². The van der Waals surface area contributed by atoms with Crippen LogP contribution in [-0.4, -0.2) is 24.0 Å². The van der Waals surface area contributed by atoms with Gasteiger partial charge in [0.25, 0.3) is 0 Å². The van der Waals surface area contributed by atoms with E-state index in [4.69, 9.17) is 0 Å². The van der Waals surface area contributed by atoms with E-state index in [0.717, 1.165) is 13.1 Å². The Kier molecular flexibility index (Phi) is 3.85. The molecule has 1 N–H and O–H groups in total. The maximum absolute atomic E-state index is 3.21. The van der Waals surface area contributed by atoms with Crippen LogP contribution >= 0.6 is 0 Å². The van der Waals surface area contributed by atoms with E-state index in [0.29, 0.717) is 5.54 Å². The molecular weight excluding hydrogens is 208 g/mol. The van der Waals surface area contributed by atoms with Crippen LogP contribution in [0.1, 0.15) is 37.8 Å². The van der Waals surface area contributed by atoms with Crippen LogP contribution in [0.4, 0.5) is 0 Å². The maximum atomic E-state index is 3.21. The van der Waals surface area contributed by atoms with Gasteiger partial charge in [0.1, 0.15) is 0 Å². The molecule has 1 saturated heterocycles. The fourth-order valence-electron chi connectivity index (χ4n) is 2.72. The lowest BCUT2D eigenvalue weighted by Gasteiger charge is -2.31. The Labute approximate surface area is 105 Å². The molecule has 0 spiro atoms. The summed E-state index contributed by atoms with van der Waals surface area (Å²) in [6.45, 7) is 8.00. The van der Waals surface area contributed by atoms with Crippen molar-refractivity contribution in [2.45, 2.75) is 45.3 Å². The lowest BCUT2D eigenvalue weighted by Crippen LogP contribution is -2.37. The van der Waals surface area contributed by atoms with E-state index in [9.17, 15) is 0 Å². The summed E-state index contributed by atoms with van der Waals surface area (Å²) in [6.07, 6.45) is 2.66. The molecule has 1 aromatic rings. The zero-order valence-electron chi connectivity index (χ0n) is 11.3. The molecule has 0 radical (unpaired) electrons. The van der Waals surface area contributed by atoms with Gasteiger partial charge in [0, 0.05) is 18.6 Å². The number of nitrogens with one attached hydrogen (secondary N) is 1. The Balaban J connectivity index is 2.05. The van der Waals surface area contributed by atoms with Crippen molar-refractivity contribution < 1.29 is 0 Å². The van der Waals surface area contributed by atoms with E-state index in [1.54, 1.807) is 0 Å². The van der Waals surface area contributed by atoms with Crippen molar-refractivity contribution >= 4 is 0 Å². The third-order valence-corrected chi connectivity index (χ3v) is 3.82. The van der Waals surface area contributed by atoms with Gasteiger partial charge in [-0.3, -0.25) is 4.90 Å². The van der Waals surface area contributed by atoms with E-state index in [1.165, 1.54) is 30.5 Å². The van der Waals surface area contributed by atoms with E-state index in [1.807, 2.05) is 7.05 Å². The van der Waals surface area contributed by atoms with Gasteiger partial charge in [-0.1, -0.05) is 24.3 Å². The summed E-state index contributed by atoms with van der Waals surface area (Å²) >= 11 is 0. The minimum absolute atomic E-state index is 0.374. The van der Waals surface area contributed by atoms with Crippen LogP contribution in [0.2, 0.25) is 0 Å². The molecular formula is C15H24N2. The first-order valence-electron chi connectivity index (χ1n) is 6.59. The first-order chi connectivity index (χ1) is 8.12. The highest BCUT2D eigenvalue weighted by atomic mass is 15.2. The Bertz CT molecular complexity index is 371. The molecule has 0 amide bonds. The summed E-state index contributed by atoms with van der Waals surface area (Å²) in [4.78, 5) is 2.60. The fourth-order valence-corrected chi connectivity index (χ4v) is 2.72. The Morgan fingerprint density at radius 3 is 2.71 bits per heavy atom. The highest BCUT2D eigenvalue weighted by Crippen LogP contribution is 2.29. The minimum Gasteiger partial charge on any atom is -0.316 e. The average Bonchev–Trinajstić information content (AvgIpc) is 2.59. The van der Waals surface area contributed by atoms with E-state index in [2.05, 4.69) is 48.3 Å². The van der Waals surface area contributed by atoms with Crippen LogP contribution in [0.5, 0.6) is 0 Å². The second kappa shape index (κ2) is 5.19. The summed E-state index contributed by atoms with van der Waals surface area (Å²) in [5.41, 5.74) is 3.19. The first kappa shape index (κ1) is 12.6. The van der Waals surface area contributed by atoms with Gasteiger partial charge in [-0.05, 0) is 51.4 Å². The predicted octanol–water partition coefficient (Wildman–Crippen LogP) is 2.78. The third kappa shape index (κ3) is 3.08. The van der Waals surface area contributed by atoms with Crippen LogP contribution in [-0.2, 0) is 13.1 Å². The number of hydrogen-bond donors (Lipinski definition) is 1. The van der Waals surface area contributed by atoms with Gasteiger partial charge >= 0.3 is 0 Å². The molecule has 0 aromatic heterocycles. The summed E-state index contributed by atoms with van der Waals surface area (Å²) < 4.78 is 0. The SMILES string of the molecule is CNCc1cccc(CN2CCCC2(C)C)c1. The lowest BCUT2D eigenvalue weighted by molar-refractivity contribution is 0.166. The van der Waals surface area contributed by atoms with Gasteiger partial charge in [0.2, 0.25) is 0 Å². The highest BCUT2D eigenvalue weighted by molar-refractivity contribution is 5.23. The molecule has 17 heavy (non-hydrogen) atoms. The lowest BCUT2D eigenvalue weighted by atomic mass is 10.0. The van der Waals surface area contributed by atoms with Crippen molar-refractivity contribution in [1.29, 1.82) is 0 Å². The quantitative estimate of drug-likeness (QED) is 0.858. The van der Waals surface area contributed by atoms with Gasteiger partial charge in [-0.2, -0.15) is 0 Å². The number of nitrogens with zero attached hydrogens (tertiary/aromatic N) is 1. The molecule has 1 aliphatic rings. The molecule has 94 valence electrons. The smallest absolute Gasteiger partial charge is 0.0239 e. The molecule has 0 bridgehead atoms. The fraction of sp³-hybridized carbons (Fsp3) is 0.600. The highest BCUT2D eigenvalue weighted by Gasteiger charge is 2.31. The second-order valence-corrected chi connectivity index (χ2v) is 5.69. The maximum Gasteiger partial charge on any atom is 0.0239 e. The molecule has 2 nitrogen and oxygen atoms in total. The number of hydrogen-bond acceptors (Lipinski definition) is 2. The third-order valence-electron chi connectivity index (χ3n) is 3.82. The number of benzene rings is 1. The standard InChI is InChI=1S/C15H24N2/c1-15(2)8-5-9-17(15)12-14-7-4-6-13(10-14)11-16-3/h4,6-7,10,16H,5,8-9,11-12H2,1-3H3. The van der Waals surface area contributed by atoms with Gasteiger partial charge in [-0.25, -0.2) is 0 Å². The zero-order valence-corrected chi connectivity index (χ0v) is 11.3. The molecule has 0 aliphatic carbocycles. The molecule has 1 aromatic carbocycles. The van der Waals surface area contributed by atoms with Crippen LogP contribution in [0.15, 0.2) is 24.3 Å². The van der Waals surface area contributed by atoms with Crippen molar-refractivity contribution in [3.8, 4) is 0 Å². The molecule has 1 fully saturated rings. The minimum atomic E-state index is 0.374. The van der Waals surface area contributed by atoms with E-state index >= 15 is 0 Å². The topological polar surface area (TPSA) is 15.3 Å². The second-order valence-electron chi connectivity index (χ2n) is 5.69. The van der Waals surface area contributed by atoms with Crippen molar-refractivity contribution in [3.05, 3.63) is 35.4 Å². The van der Waals surface area contributed by atoms with Crippen LogP contribution in [0.25, 0.3) is 0 Å². The van der Waals surface area contributed by atoms with Crippen molar-refractivity contribution in [3.63, 3.8) is 0 Å². The van der Waals surface area contributed by atoms with Crippen molar-refractivity contribution in [2.75, 3.05) is 13.6 Å². The van der Waals surface area contributed by atoms with Crippen molar-refractivity contribution in [2.24, 2.45) is 0 Å². The number of rotatable bonds is 4. The molecule has 1 aliphatic heterocycles. The van der Waals surface area contributed by atoms with E-state index in [-0.39, 0.29) is 0 Å². The molecule has 1 heterocycles. The van der Waals surface area contributed by atoms with Crippen molar-refractivity contribution in [1.82, 2.24) is 10.2 Å². The summed E-state index contributed by atoms with van der Waals surface area (Å²) in [7, 11) is 2.00. The Hall–Kier alpha value is -0.860. The molecule has 0 saturated carbocycles. The molecule has 0 atom stereocenters. The van der Waals surface area contributed by atoms with E-state index < -0.39 is 0 Å². The molecule has 0 unspecified atom stereocenters. The average molecular weight is 232 g/mol. The summed E-state index contributed by atoms with van der Waals surface area (Å²) in [6, 6.07) is 8.93. The van der Waals surface area contributed by atoms with Gasteiger partial charge in [0.05, 0.1) is 0 Å². The Morgan fingerprint density at radius 2 is 2.06 bits per heavy atom.